The second kappa shape index (κ2) is 8.98. The molecule has 1 amide bonds. The van der Waals surface area contributed by atoms with Crippen molar-refractivity contribution < 1.29 is 18.0 Å². The Balaban J connectivity index is 1.89. The first kappa shape index (κ1) is 21.4. The van der Waals surface area contributed by atoms with E-state index in [2.05, 4.69) is 10.3 Å². The number of carbonyl (C=O) groups excluding carboxylic acids is 1. The Morgan fingerprint density at radius 3 is 2.62 bits per heavy atom. The van der Waals surface area contributed by atoms with Gasteiger partial charge in [-0.2, -0.15) is 18.4 Å². The smallest absolute Gasteiger partial charge is 0.350 e. The largest absolute Gasteiger partial charge is 0.417 e. The van der Waals surface area contributed by atoms with Crippen LogP contribution in [-0.2, 0) is 17.5 Å². The Labute approximate surface area is 177 Å². The Hall–Kier alpha value is -2.35. The van der Waals surface area contributed by atoms with E-state index >= 15 is 0 Å². The second-order valence-corrected chi connectivity index (χ2v) is 9.19. The molecule has 0 aliphatic rings. The van der Waals surface area contributed by atoms with Crippen LogP contribution in [0.1, 0.15) is 22.9 Å². The van der Waals surface area contributed by atoms with Gasteiger partial charge in [0.15, 0.2) is 0 Å². The van der Waals surface area contributed by atoms with E-state index in [9.17, 15) is 23.2 Å². The molecule has 0 saturated carbocycles. The first-order valence-corrected chi connectivity index (χ1v) is 11.0. The average Bonchev–Trinajstić information content (AvgIpc) is 3.38. The fraction of sp³-hybridized carbons (Fsp3) is 0.211. The van der Waals surface area contributed by atoms with Crippen molar-refractivity contribution in [3.63, 3.8) is 0 Å². The minimum Gasteiger partial charge on any atom is -0.350 e. The standard InChI is InChI=1S/C19H14F3N3OS3/c1-11(17(26)24-10-12-4-2-6-27-12)29-18-13(9-23)14(19(20,21)22)8-15(25-18)16-5-3-7-28-16/h2-8,11H,10H2,1H3,(H,24,26). The summed E-state index contributed by atoms with van der Waals surface area (Å²) >= 11 is 3.58. The third-order valence-electron chi connectivity index (χ3n) is 3.85. The molecule has 1 unspecified atom stereocenters. The molecule has 0 saturated heterocycles. The maximum Gasteiger partial charge on any atom is 0.417 e. The minimum absolute atomic E-state index is 0.107. The number of thioether (sulfide) groups is 1. The molecule has 4 nitrogen and oxygen atoms in total. The van der Waals surface area contributed by atoms with Crippen LogP contribution < -0.4 is 5.32 Å². The summed E-state index contributed by atoms with van der Waals surface area (Å²) in [5.41, 5.74) is -1.49. The van der Waals surface area contributed by atoms with Gasteiger partial charge in [0.2, 0.25) is 5.91 Å². The van der Waals surface area contributed by atoms with Gasteiger partial charge in [0, 0.05) is 4.88 Å². The molecule has 29 heavy (non-hydrogen) atoms. The summed E-state index contributed by atoms with van der Waals surface area (Å²) in [6.45, 7) is 1.91. The van der Waals surface area contributed by atoms with Crippen molar-refractivity contribution in [3.05, 3.63) is 57.1 Å². The second-order valence-electron chi connectivity index (χ2n) is 5.88. The monoisotopic (exact) mass is 453 g/mol. The highest BCUT2D eigenvalue weighted by atomic mass is 32.2. The topological polar surface area (TPSA) is 65.8 Å². The maximum atomic E-state index is 13.5. The summed E-state index contributed by atoms with van der Waals surface area (Å²) < 4.78 is 40.6. The van der Waals surface area contributed by atoms with Crippen molar-refractivity contribution in [2.24, 2.45) is 0 Å². The van der Waals surface area contributed by atoms with E-state index in [1.807, 2.05) is 17.5 Å². The van der Waals surface area contributed by atoms with Gasteiger partial charge in [0.25, 0.3) is 0 Å². The van der Waals surface area contributed by atoms with E-state index in [4.69, 9.17) is 0 Å². The summed E-state index contributed by atoms with van der Waals surface area (Å²) in [5, 5.41) is 14.9. The molecule has 3 rings (SSSR count). The molecular weight excluding hydrogens is 439 g/mol. The van der Waals surface area contributed by atoms with E-state index in [0.29, 0.717) is 11.4 Å². The molecule has 10 heteroatoms. The van der Waals surface area contributed by atoms with Crippen molar-refractivity contribution in [2.75, 3.05) is 0 Å². The van der Waals surface area contributed by atoms with Crippen molar-refractivity contribution in [1.82, 2.24) is 10.3 Å². The summed E-state index contributed by atoms with van der Waals surface area (Å²) in [4.78, 5) is 18.2. The number of hydrogen-bond donors (Lipinski definition) is 1. The number of thiophene rings is 2. The molecule has 0 bridgehead atoms. The van der Waals surface area contributed by atoms with Gasteiger partial charge >= 0.3 is 6.18 Å². The lowest BCUT2D eigenvalue weighted by molar-refractivity contribution is -0.138. The third-order valence-corrected chi connectivity index (χ3v) is 6.71. The van der Waals surface area contributed by atoms with Crippen LogP contribution in [0, 0.1) is 11.3 Å². The van der Waals surface area contributed by atoms with Crippen molar-refractivity contribution >= 4 is 40.3 Å². The zero-order valence-corrected chi connectivity index (χ0v) is 17.4. The molecule has 0 aliphatic heterocycles. The van der Waals surface area contributed by atoms with Crippen LogP contribution in [0.25, 0.3) is 10.6 Å². The number of pyridine rings is 1. The van der Waals surface area contributed by atoms with Crippen LogP contribution in [0.2, 0.25) is 0 Å². The third kappa shape index (κ3) is 5.18. The van der Waals surface area contributed by atoms with E-state index in [1.165, 1.54) is 22.7 Å². The lowest BCUT2D eigenvalue weighted by Gasteiger charge is -2.16. The number of aromatic nitrogens is 1. The highest BCUT2D eigenvalue weighted by Gasteiger charge is 2.36. The molecule has 150 valence electrons. The van der Waals surface area contributed by atoms with Gasteiger partial charge in [-0.25, -0.2) is 4.98 Å². The number of amides is 1. The summed E-state index contributed by atoms with van der Waals surface area (Å²) in [6, 6.07) is 9.60. The molecule has 0 radical (unpaired) electrons. The SMILES string of the molecule is CC(Sc1nc(-c2cccs2)cc(C(F)(F)F)c1C#N)C(=O)NCc1cccs1. The van der Waals surface area contributed by atoms with Crippen molar-refractivity contribution in [1.29, 1.82) is 5.26 Å². The van der Waals surface area contributed by atoms with E-state index < -0.39 is 22.6 Å². The fourth-order valence-electron chi connectivity index (χ4n) is 2.44. The Morgan fingerprint density at radius 1 is 1.31 bits per heavy atom. The van der Waals surface area contributed by atoms with Gasteiger partial charge in [0.1, 0.15) is 11.1 Å². The number of nitriles is 1. The quantitative estimate of drug-likeness (QED) is 0.497. The van der Waals surface area contributed by atoms with Crippen molar-refractivity contribution in [3.8, 4) is 16.6 Å². The number of halogens is 3. The number of alkyl halides is 3. The molecule has 0 spiro atoms. The number of nitrogens with zero attached hydrogens (tertiary/aromatic N) is 2. The number of nitrogens with one attached hydrogen (secondary N) is 1. The van der Waals surface area contributed by atoms with E-state index in [-0.39, 0.29) is 16.6 Å². The predicted molar refractivity (Wildman–Crippen MR) is 109 cm³/mol. The summed E-state index contributed by atoms with van der Waals surface area (Å²) in [7, 11) is 0. The Kier molecular flexibility index (Phi) is 6.62. The van der Waals surface area contributed by atoms with Crippen LogP contribution >= 0.6 is 34.4 Å². The molecule has 0 fully saturated rings. The molecule has 1 atom stereocenters. The van der Waals surface area contributed by atoms with Crippen molar-refractivity contribution in [2.45, 2.75) is 29.9 Å². The first-order chi connectivity index (χ1) is 13.8. The molecular formula is C19H14F3N3OS3. The van der Waals surface area contributed by atoms with Crippen LogP contribution in [0.15, 0.2) is 46.1 Å². The normalized spacial score (nSPS) is 12.4. The number of carbonyl (C=O) groups is 1. The van der Waals surface area contributed by atoms with Crippen LogP contribution in [0.4, 0.5) is 13.2 Å². The Bertz CT molecular complexity index is 1030. The maximum absolute atomic E-state index is 13.5. The lowest BCUT2D eigenvalue weighted by atomic mass is 10.1. The zero-order valence-electron chi connectivity index (χ0n) is 15.0. The zero-order chi connectivity index (χ0) is 21.0. The molecule has 0 aliphatic carbocycles. The molecule has 1 N–H and O–H groups in total. The van der Waals surface area contributed by atoms with Gasteiger partial charge in [-0.1, -0.05) is 23.9 Å². The van der Waals surface area contributed by atoms with Gasteiger partial charge in [0.05, 0.1) is 33.5 Å². The summed E-state index contributed by atoms with van der Waals surface area (Å²) in [6.07, 6.45) is -4.71. The molecule has 0 aromatic carbocycles. The fourth-order valence-corrected chi connectivity index (χ4v) is 4.72. The first-order valence-electron chi connectivity index (χ1n) is 8.32. The highest BCUT2D eigenvalue weighted by molar-refractivity contribution is 8.00. The van der Waals surface area contributed by atoms with Gasteiger partial charge < -0.3 is 5.32 Å². The van der Waals surface area contributed by atoms with Crippen LogP contribution in [0.3, 0.4) is 0 Å². The average molecular weight is 454 g/mol. The van der Waals surface area contributed by atoms with E-state index in [0.717, 1.165) is 22.7 Å². The van der Waals surface area contributed by atoms with Crippen LogP contribution in [-0.4, -0.2) is 16.1 Å². The van der Waals surface area contributed by atoms with Gasteiger partial charge in [-0.3, -0.25) is 4.79 Å². The van der Waals surface area contributed by atoms with Crippen LogP contribution in [0.5, 0.6) is 0 Å². The predicted octanol–water partition coefficient (Wildman–Crippen LogP) is 5.56. The minimum atomic E-state index is -4.71. The number of rotatable bonds is 6. The van der Waals surface area contributed by atoms with E-state index in [1.54, 1.807) is 30.5 Å². The molecule has 3 aromatic rings. The summed E-state index contributed by atoms with van der Waals surface area (Å²) in [5.74, 6) is -0.343. The molecule has 3 aromatic heterocycles. The highest BCUT2D eigenvalue weighted by Crippen LogP contribution is 2.39. The van der Waals surface area contributed by atoms with Gasteiger partial charge in [-0.15, -0.1) is 22.7 Å². The molecule has 3 heterocycles. The Morgan fingerprint density at radius 2 is 2.03 bits per heavy atom. The van der Waals surface area contributed by atoms with Gasteiger partial charge in [-0.05, 0) is 35.9 Å². The lowest BCUT2D eigenvalue weighted by Crippen LogP contribution is -2.30. The number of hydrogen-bond acceptors (Lipinski definition) is 6.